The van der Waals surface area contributed by atoms with Crippen LogP contribution in [0.1, 0.15) is 42.4 Å². The normalized spacial score (nSPS) is 18.2. The number of hydrogen-bond acceptors (Lipinski definition) is 4. The Hall–Kier alpha value is -2.34. The molecule has 1 aromatic carbocycles. The SMILES string of the molecule is CC(=O)NC1CCOc2c(F)cc(C(O)c3ccco3)cc21. The van der Waals surface area contributed by atoms with Gasteiger partial charge in [-0.2, -0.15) is 0 Å². The lowest BCUT2D eigenvalue weighted by atomic mass is 9.95. The number of amides is 1. The van der Waals surface area contributed by atoms with Gasteiger partial charge in [-0.15, -0.1) is 0 Å². The van der Waals surface area contributed by atoms with E-state index in [0.717, 1.165) is 0 Å². The lowest BCUT2D eigenvalue weighted by Gasteiger charge is -2.27. The van der Waals surface area contributed by atoms with Crippen LogP contribution in [-0.2, 0) is 4.79 Å². The van der Waals surface area contributed by atoms with Gasteiger partial charge in [0.25, 0.3) is 0 Å². The third-order valence-electron chi connectivity index (χ3n) is 3.63. The number of carbonyl (C=O) groups excluding carboxylic acids is 1. The Bertz CT molecular complexity index is 684. The zero-order valence-corrected chi connectivity index (χ0v) is 12.0. The molecule has 0 saturated carbocycles. The second kappa shape index (κ2) is 5.81. The van der Waals surface area contributed by atoms with Gasteiger partial charge in [0.2, 0.25) is 5.91 Å². The molecule has 0 radical (unpaired) electrons. The first kappa shape index (κ1) is 14.6. The van der Waals surface area contributed by atoms with Crippen LogP contribution < -0.4 is 10.1 Å². The lowest BCUT2D eigenvalue weighted by molar-refractivity contribution is -0.119. The molecule has 1 aromatic heterocycles. The van der Waals surface area contributed by atoms with Crippen molar-refractivity contribution in [2.75, 3.05) is 6.61 Å². The van der Waals surface area contributed by atoms with Gasteiger partial charge in [-0.05, 0) is 29.8 Å². The fourth-order valence-electron chi connectivity index (χ4n) is 2.65. The van der Waals surface area contributed by atoms with Gasteiger partial charge in [0.15, 0.2) is 11.6 Å². The minimum atomic E-state index is -1.07. The third kappa shape index (κ3) is 2.69. The van der Waals surface area contributed by atoms with E-state index >= 15 is 0 Å². The highest BCUT2D eigenvalue weighted by atomic mass is 19.1. The Labute approximate surface area is 126 Å². The van der Waals surface area contributed by atoms with Crippen LogP contribution in [0.15, 0.2) is 34.9 Å². The summed E-state index contributed by atoms with van der Waals surface area (Å²) >= 11 is 0. The van der Waals surface area contributed by atoms with Gasteiger partial charge in [-0.25, -0.2) is 4.39 Å². The highest BCUT2D eigenvalue weighted by Gasteiger charge is 2.27. The molecule has 22 heavy (non-hydrogen) atoms. The van der Waals surface area contributed by atoms with Crippen molar-refractivity contribution < 1.29 is 23.4 Å². The molecule has 116 valence electrons. The first-order valence-electron chi connectivity index (χ1n) is 7.01. The number of nitrogens with one attached hydrogen (secondary N) is 1. The number of benzene rings is 1. The maximum atomic E-state index is 14.3. The van der Waals surface area contributed by atoms with Gasteiger partial charge in [-0.3, -0.25) is 4.79 Å². The predicted octanol–water partition coefficient (Wildman–Crippen LogP) is 2.46. The van der Waals surface area contributed by atoms with Gasteiger partial charge in [-0.1, -0.05) is 0 Å². The minimum Gasteiger partial charge on any atom is -0.490 e. The molecule has 1 aliphatic heterocycles. The lowest BCUT2D eigenvalue weighted by Crippen LogP contribution is -2.31. The zero-order valence-electron chi connectivity index (χ0n) is 12.0. The predicted molar refractivity (Wildman–Crippen MR) is 75.8 cm³/mol. The molecule has 2 atom stereocenters. The summed E-state index contributed by atoms with van der Waals surface area (Å²) in [6.45, 7) is 1.74. The highest BCUT2D eigenvalue weighted by Crippen LogP contribution is 2.37. The van der Waals surface area contributed by atoms with E-state index in [0.29, 0.717) is 29.9 Å². The van der Waals surface area contributed by atoms with Crippen LogP contribution in [0.5, 0.6) is 5.75 Å². The summed E-state index contributed by atoms with van der Waals surface area (Å²) in [6.07, 6.45) is 0.915. The van der Waals surface area contributed by atoms with Crippen molar-refractivity contribution in [2.45, 2.75) is 25.5 Å². The molecule has 0 fully saturated rings. The van der Waals surface area contributed by atoms with Crippen LogP contribution >= 0.6 is 0 Å². The van der Waals surface area contributed by atoms with Gasteiger partial charge in [0, 0.05) is 18.9 Å². The number of furan rings is 1. The Balaban J connectivity index is 2.01. The third-order valence-corrected chi connectivity index (χ3v) is 3.63. The van der Waals surface area contributed by atoms with Crippen LogP contribution in [0.25, 0.3) is 0 Å². The number of rotatable bonds is 3. The van der Waals surface area contributed by atoms with Crippen LogP contribution in [0, 0.1) is 5.82 Å². The minimum absolute atomic E-state index is 0.125. The number of aliphatic hydroxyl groups excluding tert-OH is 1. The Morgan fingerprint density at radius 3 is 3.00 bits per heavy atom. The molecule has 2 unspecified atom stereocenters. The Kier molecular flexibility index (Phi) is 3.85. The van der Waals surface area contributed by atoms with E-state index in [9.17, 15) is 14.3 Å². The topological polar surface area (TPSA) is 71.7 Å². The molecule has 0 aliphatic carbocycles. The van der Waals surface area contributed by atoms with Gasteiger partial charge < -0.3 is 19.6 Å². The van der Waals surface area contributed by atoms with Crippen molar-refractivity contribution in [3.05, 3.63) is 53.2 Å². The van der Waals surface area contributed by atoms with E-state index in [1.807, 2.05) is 0 Å². The first-order chi connectivity index (χ1) is 10.6. The van der Waals surface area contributed by atoms with Gasteiger partial charge in [0.05, 0.1) is 18.9 Å². The van der Waals surface area contributed by atoms with E-state index in [2.05, 4.69) is 5.32 Å². The average molecular weight is 305 g/mol. The smallest absolute Gasteiger partial charge is 0.217 e. The standard InChI is InChI=1S/C16H16FNO4/c1-9(19)18-13-4-6-22-16-11(13)7-10(8-12(16)17)15(20)14-3-2-5-21-14/h2-3,5,7-8,13,15,20H,4,6H2,1H3,(H,18,19). The average Bonchev–Trinajstić information content (AvgIpc) is 3.01. The van der Waals surface area contributed by atoms with E-state index in [4.69, 9.17) is 9.15 Å². The Morgan fingerprint density at radius 1 is 1.50 bits per heavy atom. The summed E-state index contributed by atoms with van der Waals surface area (Å²) in [4.78, 5) is 11.3. The zero-order chi connectivity index (χ0) is 15.7. The fraction of sp³-hybridized carbons (Fsp3) is 0.312. The van der Waals surface area contributed by atoms with Crippen molar-refractivity contribution >= 4 is 5.91 Å². The van der Waals surface area contributed by atoms with E-state index in [1.54, 1.807) is 18.2 Å². The van der Waals surface area contributed by atoms with E-state index in [1.165, 1.54) is 19.3 Å². The second-order valence-electron chi connectivity index (χ2n) is 5.23. The van der Waals surface area contributed by atoms with Crippen LogP contribution in [-0.4, -0.2) is 17.6 Å². The number of fused-ring (bicyclic) bond motifs is 1. The molecular weight excluding hydrogens is 289 g/mol. The maximum Gasteiger partial charge on any atom is 0.217 e. The summed E-state index contributed by atoms with van der Waals surface area (Å²) in [5, 5.41) is 13.1. The summed E-state index contributed by atoms with van der Waals surface area (Å²) < 4.78 is 24.8. The highest BCUT2D eigenvalue weighted by molar-refractivity contribution is 5.73. The number of ether oxygens (including phenoxy) is 1. The summed E-state index contributed by atoms with van der Waals surface area (Å²) in [7, 11) is 0. The largest absolute Gasteiger partial charge is 0.490 e. The molecule has 3 rings (SSSR count). The van der Waals surface area contributed by atoms with Gasteiger partial charge in [0.1, 0.15) is 11.9 Å². The molecule has 5 nitrogen and oxygen atoms in total. The number of carbonyl (C=O) groups is 1. The van der Waals surface area contributed by atoms with Crippen molar-refractivity contribution in [3.63, 3.8) is 0 Å². The monoisotopic (exact) mass is 305 g/mol. The molecule has 6 heteroatoms. The van der Waals surface area contributed by atoms with Crippen molar-refractivity contribution in [3.8, 4) is 5.75 Å². The molecule has 0 saturated heterocycles. The van der Waals surface area contributed by atoms with E-state index in [-0.39, 0.29) is 17.7 Å². The first-order valence-corrected chi connectivity index (χ1v) is 7.01. The number of hydrogen-bond donors (Lipinski definition) is 2. The second-order valence-corrected chi connectivity index (χ2v) is 5.23. The number of aliphatic hydroxyl groups is 1. The number of halogens is 1. The van der Waals surface area contributed by atoms with Gasteiger partial charge >= 0.3 is 0 Å². The maximum absolute atomic E-state index is 14.3. The van der Waals surface area contributed by atoms with E-state index < -0.39 is 11.9 Å². The molecule has 2 heterocycles. The summed E-state index contributed by atoms with van der Waals surface area (Å²) in [5.74, 6) is -0.309. The molecule has 1 aliphatic rings. The Morgan fingerprint density at radius 2 is 2.32 bits per heavy atom. The molecule has 2 N–H and O–H groups in total. The van der Waals surface area contributed by atoms with Crippen LogP contribution in [0.3, 0.4) is 0 Å². The summed E-state index contributed by atoms with van der Waals surface area (Å²) in [5.41, 5.74) is 0.883. The van der Waals surface area contributed by atoms with Crippen molar-refractivity contribution in [1.82, 2.24) is 5.32 Å². The molecule has 0 bridgehead atoms. The van der Waals surface area contributed by atoms with Crippen LogP contribution in [0.2, 0.25) is 0 Å². The molecule has 1 amide bonds. The molecule has 2 aromatic rings. The van der Waals surface area contributed by atoms with Crippen molar-refractivity contribution in [1.29, 1.82) is 0 Å². The molecular formula is C16H16FNO4. The molecule has 0 spiro atoms. The summed E-state index contributed by atoms with van der Waals surface area (Å²) in [6, 6.07) is 5.80. The van der Waals surface area contributed by atoms with Crippen molar-refractivity contribution in [2.24, 2.45) is 0 Å². The van der Waals surface area contributed by atoms with Crippen LogP contribution in [0.4, 0.5) is 4.39 Å². The quantitative estimate of drug-likeness (QED) is 0.914. The fourth-order valence-corrected chi connectivity index (χ4v) is 2.65.